The van der Waals surface area contributed by atoms with Gasteiger partial charge in [-0.05, 0) is 31.0 Å². The molecule has 12 heteroatoms. The van der Waals surface area contributed by atoms with Gasteiger partial charge in [0, 0.05) is 48.1 Å². The predicted molar refractivity (Wildman–Crippen MR) is 164 cm³/mol. The van der Waals surface area contributed by atoms with Gasteiger partial charge in [0.2, 0.25) is 5.88 Å². The molecule has 3 N–H and O–H groups in total. The number of anilines is 1. The summed E-state index contributed by atoms with van der Waals surface area (Å²) in [5.41, 5.74) is 1.41. The minimum Gasteiger partial charge on any atom is -0.481 e. The number of amides is 1. The number of hydrogen-bond donors (Lipinski definition) is 3. The van der Waals surface area contributed by atoms with Crippen LogP contribution in [0.25, 0.3) is 22.4 Å². The summed E-state index contributed by atoms with van der Waals surface area (Å²) < 4.78 is 22.1. The van der Waals surface area contributed by atoms with Crippen LogP contribution >= 0.6 is 23.2 Å². The molecule has 0 radical (unpaired) electrons. The number of carbonyl (C=O) groups is 1. The zero-order valence-corrected chi connectivity index (χ0v) is 25.0. The lowest BCUT2D eigenvalue weighted by atomic mass is 9.92. The van der Waals surface area contributed by atoms with Gasteiger partial charge >= 0.3 is 0 Å². The minimum absolute atomic E-state index is 0.000682. The molecule has 5 rings (SSSR count). The third kappa shape index (κ3) is 6.42. The summed E-state index contributed by atoms with van der Waals surface area (Å²) in [5, 5.41) is 20.5. The highest BCUT2D eigenvalue weighted by Gasteiger charge is 2.24. The van der Waals surface area contributed by atoms with Gasteiger partial charge < -0.3 is 20.5 Å². The van der Waals surface area contributed by atoms with Crippen molar-refractivity contribution < 1.29 is 19.0 Å². The van der Waals surface area contributed by atoms with Crippen molar-refractivity contribution in [1.82, 2.24) is 20.1 Å². The molecule has 1 aliphatic carbocycles. The smallest absolute Gasteiger partial charge is 0.279 e. The van der Waals surface area contributed by atoms with Crippen LogP contribution in [-0.4, -0.2) is 45.0 Å². The normalized spacial score (nSPS) is 16.6. The van der Waals surface area contributed by atoms with Gasteiger partial charge in [-0.2, -0.15) is 5.10 Å². The Hall–Kier alpha value is -3.83. The predicted octanol–water partition coefficient (Wildman–Crippen LogP) is 5.61. The van der Waals surface area contributed by atoms with Gasteiger partial charge in [-0.25, -0.2) is 14.1 Å². The van der Waals surface area contributed by atoms with Crippen LogP contribution in [0.3, 0.4) is 0 Å². The second-order valence-corrected chi connectivity index (χ2v) is 11.0. The molecule has 0 spiro atoms. The average Bonchev–Trinajstić information content (AvgIpc) is 3.00. The van der Waals surface area contributed by atoms with Crippen LogP contribution in [-0.2, 0) is 13.6 Å². The van der Waals surface area contributed by atoms with E-state index in [-0.39, 0.29) is 45.5 Å². The van der Waals surface area contributed by atoms with Crippen LogP contribution in [0.5, 0.6) is 5.88 Å². The first kappa shape index (κ1) is 30.6. The molecule has 2 heterocycles. The van der Waals surface area contributed by atoms with E-state index in [0.29, 0.717) is 22.3 Å². The van der Waals surface area contributed by atoms with Gasteiger partial charge in [0.15, 0.2) is 0 Å². The van der Waals surface area contributed by atoms with E-state index in [1.165, 1.54) is 32.5 Å². The molecular weight excluding hydrogens is 596 g/mol. The van der Waals surface area contributed by atoms with Gasteiger partial charge in [-0.15, -0.1) is 0 Å². The number of aliphatic hydroxyl groups excluding tert-OH is 1. The number of rotatable bonds is 8. The molecule has 0 saturated heterocycles. The molecule has 1 saturated carbocycles. The number of methoxy groups -OCH3 is 1. The first-order valence-corrected chi connectivity index (χ1v) is 14.5. The number of aromatic nitrogens is 3. The molecule has 1 aliphatic rings. The van der Waals surface area contributed by atoms with Crippen molar-refractivity contribution in [2.24, 2.45) is 7.05 Å². The fourth-order valence-electron chi connectivity index (χ4n) is 5.22. The first-order chi connectivity index (χ1) is 20.7. The van der Waals surface area contributed by atoms with Gasteiger partial charge in [-0.3, -0.25) is 9.59 Å². The van der Waals surface area contributed by atoms with Crippen molar-refractivity contribution in [1.29, 1.82) is 0 Å². The second kappa shape index (κ2) is 13.2. The van der Waals surface area contributed by atoms with E-state index in [1.807, 2.05) is 0 Å². The molecule has 9 nitrogen and oxygen atoms in total. The number of hydrogen-bond acceptors (Lipinski definition) is 7. The zero-order chi connectivity index (χ0) is 30.7. The number of nitrogens with one attached hydrogen (secondary N) is 2. The fraction of sp³-hybridized carbons (Fsp3) is 0.290. The molecule has 2 atom stereocenters. The summed E-state index contributed by atoms with van der Waals surface area (Å²) in [4.78, 5) is 29.6. The molecule has 4 aromatic rings. The highest BCUT2D eigenvalue weighted by atomic mass is 35.5. The number of carbonyl (C=O) groups excluding carboxylic acids is 1. The molecule has 1 amide bonds. The van der Waals surface area contributed by atoms with Crippen LogP contribution < -0.4 is 20.9 Å². The zero-order valence-electron chi connectivity index (χ0n) is 23.5. The van der Waals surface area contributed by atoms with E-state index in [9.17, 15) is 14.7 Å². The highest BCUT2D eigenvalue weighted by Crippen LogP contribution is 2.42. The molecule has 0 aliphatic heterocycles. The van der Waals surface area contributed by atoms with Crippen LogP contribution in [0, 0.1) is 5.82 Å². The molecule has 0 bridgehead atoms. The van der Waals surface area contributed by atoms with Gasteiger partial charge in [0.1, 0.15) is 17.1 Å². The van der Waals surface area contributed by atoms with Gasteiger partial charge in [0.05, 0.1) is 28.9 Å². The number of ether oxygens (including phenoxy) is 1. The Bertz CT molecular complexity index is 1730. The van der Waals surface area contributed by atoms with Gasteiger partial charge in [0.25, 0.3) is 11.5 Å². The standard InChI is InChI=1S/C31H30Cl2FN5O4/c1-39-31(42)21(13-14-36-39)29(41)37-24-11-6-8-19(27(24)33)18-7-5-9-20(26(18)32)28-22(34)15-17(30(38-28)43-2)16-35-23-10-3-4-12-25(23)40/h5-9,11,13-15,23,25,35,40H,3-4,10,12,16H2,1-2H3,(H,37,41)/t23-,25+/m1/s1. The van der Waals surface area contributed by atoms with E-state index in [0.717, 1.165) is 30.4 Å². The van der Waals surface area contributed by atoms with Crippen molar-refractivity contribution in [2.45, 2.75) is 44.4 Å². The third-order valence-electron chi connectivity index (χ3n) is 7.53. The Kier molecular flexibility index (Phi) is 9.41. The van der Waals surface area contributed by atoms with Crippen LogP contribution in [0.1, 0.15) is 41.6 Å². The fourth-order valence-corrected chi connectivity index (χ4v) is 5.81. The quantitative estimate of drug-likeness (QED) is 0.233. The number of nitrogens with zero attached hydrogens (tertiary/aromatic N) is 3. The third-order valence-corrected chi connectivity index (χ3v) is 8.35. The SMILES string of the molecule is COc1nc(-c2cccc(-c3cccc(NC(=O)c4ccnn(C)c4=O)c3Cl)c2Cl)c(F)cc1CN[C@@H]1CCCC[C@@H]1O. The summed E-state index contributed by atoms with van der Waals surface area (Å²) >= 11 is 13.6. The first-order valence-electron chi connectivity index (χ1n) is 13.8. The lowest BCUT2D eigenvalue weighted by Crippen LogP contribution is -2.41. The summed E-state index contributed by atoms with van der Waals surface area (Å²) in [6, 6.07) is 12.7. The van der Waals surface area contributed by atoms with Crippen molar-refractivity contribution in [3.63, 3.8) is 0 Å². The number of benzene rings is 2. The Morgan fingerprint density at radius 3 is 2.53 bits per heavy atom. The lowest BCUT2D eigenvalue weighted by molar-refractivity contribution is 0.0901. The summed E-state index contributed by atoms with van der Waals surface area (Å²) in [6.07, 6.45) is 4.50. The summed E-state index contributed by atoms with van der Waals surface area (Å²) in [5.74, 6) is -1.000. The van der Waals surface area contributed by atoms with E-state index >= 15 is 4.39 Å². The number of aliphatic hydroxyl groups is 1. The number of pyridine rings is 1. The largest absolute Gasteiger partial charge is 0.481 e. The Balaban J connectivity index is 1.45. The molecule has 0 unspecified atom stereocenters. The monoisotopic (exact) mass is 625 g/mol. The van der Waals surface area contributed by atoms with Gasteiger partial charge in [-0.1, -0.05) is 66.4 Å². The van der Waals surface area contributed by atoms with Crippen molar-refractivity contribution in [3.8, 4) is 28.3 Å². The molecule has 43 heavy (non-hydrogen) atoms. The Labute approximate surface area is 257 Å². The molecule has 2 aromatic heterocycles. The maximum Gasteiger partial charge on any atom is 0.279 e. The minimum atomic E-state index is -0.646. The molecule has 224 valence electrons. The maximum absolute atomic E-state index is 15.6. The van der Waals surface area contributed by atoms with E-state index in [2.05, 4.69) is 20.7 Å². The lowest BCUT2D eigenvalue weighted by Gasteiger charge is -2.28. The Morgan fingerprint density at radius 1 is 1.09 bits per heavy atom. The highest BCUT2D eigenvalue weighted by molar-refractivity contribution is 6.39. The molecule has 1 fully saturated rings. The van der Waals surface area contributed by atoms with E-state index in [1.54, 1.807) is 36.4 Å². The van der Waals surface area contributed by atoms with Crippen LogP contribution in [0.15, 0.2) is 59.5 Å². The summed E-state index contributed by atoms with van der Waals surface area (Å²) in [7, 11) is 2.91. The van der Waals surface area contributed by atoms with Crippen LogP contribution in [0.2, 0.25) is 10.0 Å². The Morgan fingerprint density at radius 2 is 1.79 bits per heavy atom. The molecular formula is C31H30Cl2FN5O4. The molecule has 2 aromatic carbocycles. The van der Waals surface area contributed by atoms with Crippen molar-refractivity contribution >= 4 is 34.8 Å². The van der Waals surface area contributed by atoms with E-state index < -0.39 is 23.4 Å². The van der Waals surface area contributed by atoms with Crippen molar-refractivity contribution in [2.75, 3.05) is 12.4 Å². The summed E-state index contributed by atoms with van der Waals surface area (Å²) in [6.45, 7) is 0.280. The average molecular weight is 627 g/mol. The van der Waals surface area contributed by atoms with Crippen LogP contribution in [0.4, 0.5) is 10.1 Å². The number of aryl methyl sites for hydroxylation is 1. The van der Waals surface area contributed by atoms with E-state index in [4.69, 9.17) is 27.9 Å². The second-order valence-electron chi connectivity index (χ2n) is 10.3. The van der Waals surface area contributed by atoms with Crippen molar-refractivity contribution in [3.05, 3.63) is 92.1 Å². The topological polar surface area (TPSA) is 118 Å². The number of halogens is 3. The maximum atomic E-state index is 15.6.